The smallest absolute Gasteiger partial charge is 0.407 e. The van der Waals surface area contributed by atoms with Crippen molar-refractivity contribution in [3.63, 3.8) is 0 Å². The van der Waals surface area contributed by atoms with E-state index in [-0.39, 0.29) is 13.2 Å². The molecule has 3 aromatic rings. The van der Waals surface area contributed by atoms with Crippen LogP contribution in [0, 0.1) is 0 Å². The van der Waals surface area contributed by atoms with Gasteiger partial charge in [0.15, 0.2) is 0 Å². The largest absolute Gasteiger partial charge is 0.445 e. The van der Waals surface area contributed by atoms with Crippen LogP contribution in [0.5, 0.6) is 0 Å². The number of amides is 1. The van der Waals surface area contributed by atoms with Crippen LogP contribution in [0.2, 0.25) is 0 Å². The molecule has 0 aliphatic rings. The van der Waals surface area contributed by atoms with Crippen LogP contribution in [0.3, 0.4) is 0 Å². The van der Waals surface area contributed by atoms with Crippen LogP contribution in [0.25, 0.3) is 10.9 Å². The number of carbonyl (C=O) groups is 1. The van der Waals surface area contributed by atoms with E-state index in [1.54, 1.807) is 0 Å². The standard InChI is InChI=1S/C19H20N2O3/c22-12-16(10-15-11-20-18-9-5-4-8-17(15)18)21-19(23)24-13-14-6-2-1-3-7-14/h1-9,11,16,20,22H,10,12-13H2,(H,21,23)/t16-/m1/s1. The van der Waals surface area contributed by atoms with E-state index in [1.807, 2.05) is 60.8 Å². The minimum atomic E-state index is -0.530. The highest BCUT2D eigenvalue weighted by Gasteiger charge is 2.15. The monoisotopic (exact) mass is 324 g/mol. The molecule has 24 heavy (non-hydrogen) atoms. The summed E-state index contributed by atoms with van der Waals surface area (Å²) in [5.74, 6) is 0. The summed E-state index contributed by atoms with van der Waals surface area (Å²) in [6.07, 6.45) is 1.91. The first kappa shape index (κ1) is 16.1. The summed E-state index contributed by atoms with van der Waals surface area (Å²) in [6.45, 7) is 0.0534. The molecule has 1 amide bonds. The molecule has 0 saturated carbocycles. The van der Waals surface area contributed by atoms with E-state index in [0.717, 1.165) is 22.0 Å². The van der Waals surface area contributed by atoms with Gasteiger partial charge in [-0.05, 0) is 23.6 Å². The molecule has 3 rings (SSSR count). The third kappa shape index (κ3) is 3.94. The van der Waals surface area contributed by atoms with Crippen molar-refractivity contribution in [2.45, 2.75) is 19.1 Å². The fourth-order valence-electron chi connectivity index (χ4n) is 2.66. The maximum absolute atomic E-state index is 11.9. The van der Waals surface area contributed by atoms with E-state index < -0.39 is 12.1 Å². The normalized spacial score (nSPS) is 12.0. The second-order valence-corrected chi connectivity index (χ2v) is 5.65. The van der Waals surface area contributed by atoms with Crippen molar-refractivity contribution in [1.82, 2.24) is 10.3 Å². The third-order valence-corrected chi connectivity index (χ3v) is 3.90. The van der Waals surface area contributed by atoms with Gasteiger partial charge in [0, 0.05) is 17.1 Å². The Balaban J connectivity index is 1.57. The van der Waals surface area contributed by atoms with Crippen LogP contribution in [0.1, 0.15) is 11.1 Å². The lowest BCUT2D eigenvalue weighted by Gasteiger charge is -2.16. The number of carbonyl (C=O) groups excluding carboxylic acids is 1. The van der Waals surface area contributed by atoms with Crippen LogP contribution in [-0.2, 0) is 17.8 Å². The Morgan fingerprint density at radius 3 is 2.67 bits per heavy atom. The van der Waals surface area contributed by atoms with Crippen molar-refractivity contribution in [3.05, 3.63) is 71.9 Å². The van der Waals surface area contributed by atoms with Gasteiger partial charge in [-0.2, -0.15) is 0 Å². The molecular weight excluding hydrogens is 304 g/mol. The predicted molar refractivity (Wildman–Crippen MR) is 92.6 cm³/mol. The van der Waals surface area contributed by atoms with E-state index in [0.29, 0.717) is 6.42 Å². The summed E-state index contributed by atoms with van der Waals surface area (Å²) in [5.41, 5.74) is 3.01. The Morgan fingerprint density at radius 1 is 1.12 bits per heavy atom. The molecule has 5 heteroatoms. The summed E-state index contributed by atoms with van der Waals surface area (Å²) < 4.78 is 5.20. The number of hydrogen-bond acceptors (Lipinski definition) is 3. The van der Waals surface area contributed by atoms with Crippen LogP contribution < -0.4 is 5.32 Å². The molecule has 1 heterocycles. The van der Waals surface area contributed by atoms with Crippen LogP contribution in [0.4, 0.5) is 4.79 Å². The number of aromatic amines is 1. The summed E-state index contributed by atoms with van der Waals surface area (Å²) in [5, 5.41) is 13.4. The molecule has 2 aromatic carbocycles. The number of hydrogen-bond donors (Lipinski definition) is 3. The number of para-hydroxylation sites is 1. The van der Waals surface area contributed by atoms with E-state index >= 15 is 0 Å². The minimum absolute atomic E-state index is 0.153. The number of alkyl carbamates (subject to hydrolysis) is 1. The zero-order chi connectivity index (χ0) is 16.8. The zero-order valence-corrected chi connectivity index (χ0v) is 13.2. The zero-order valence-electron chi connectivity index (χ0n) is 13.2. The van der Waals surface area contributed by atoms with E-state index in [1.165, 1.54) is 0 Å². The van der Waals surface area contributed by atoms with Gasteiger partial charge in [-0.25, -0.2) is 4.79 Å². The predicted octanol–water partition coefficient (Wildman–Crippen LogP) is 3.00. The van der Waals surface area contributed by atoms with Crippen molar-refractivity contribution >= 4 is 17.0 Å². The molecule has 0 aliphatic carbocycles. The number of aliphatic hydroxyl groups excluding tert-OH is 1. The van der Waals surface area contributed by atoms with E-state index in [2.05, 4.69) is 10.3 Å². The molecule has 1 aromatic heterocycles. The molecule has 124 valence electrons. The molecule has 0 bridgehead atoms. The highest BCUT2D eigenvalue weighted by molar-refractivity contribution is 5.83. The number of aliphatic hydroxyl groups is 1. The average molecular weight is 324 g/mol. The number of ether oxygens (including phenoxy) is 1. The lowest BCUT2D eigenvalue weighted by Crippen LogP contribution is -2.39. The second-order valence-electron chi connectivity index (χ2n) is 5.65. The van der Waals surface area contributed by atoms with Gasteiger partial charge in [0.25, 0.3) is 0 Å². The Labute approximate surface area is 140 Å². The van der Waals surface area contributed by atoms with Crippen LogP contribution >= 0.6 is 0 Å². The molecular formula is C19H20N2O3. The SMILES string of the molecule is O=C(N[C@@H](CO)Cc1c[nH]c2ccccc12)OCc1ccccc1. The molecule has 3 N–H and O–H groups in total. The number of nitrogens with one attached hydrogen (secondary N) is 2. The lowest BCUT2D eigenvalue weighted by molar-refractivity contribution is 0.129. The highest BCUT2D eigenvalue weighted by atomic mass is 16.5. The average Bonchev–Trinajstić information content (AvgIpc) is 3.03. The Kier molecular flexibility index (Phi) is 5.13. The van der Waals surface area contributed by atoms with Crippen molar-refractivity contribution in [2.24, 2.45) is 0 Å². The maximum atomic E-state index is 11.9. The van der Waals surface area contributed by atoms with Crippen molar-refractivity contribution in [2.75, 3.05) is 6.61 Å². The Bertz CT molecular complexity index is 798. The van der Waals surface area contributed by atoms with Gasteiger partial charge >= 0.3 is 6.09 Å². The van der Waals surface area contributed by atoms with Gasteiger partial charge in [-0.15, -0.1) is 0 Å². The molecule has 0 aliphatic heterocycles. The minimum Gasteiger partial charge on any atom is -0.445 e. The van der Waals surface area contributed by atoms with Crippen LogP contribution in [0.15, 0.2) is 60.8 Å². The van der Waals surface area contributed by atoms with Gasteiger partial charge in [0.05, 0.1) is 12.6 Å². The molecule has 0 saturated heterocycles. The maximum Gasteiger partial charge on any atom is 0.407 e. The van der Waals surface area contributed by atoms with Crippen molar-refractivity contribution in [1.29, 1.82) is 0 Å². The van der Waals surface area contributed by atoms with Crippen molar-refractivity contribution in [3.8, 4) is 0 Å². The van der Waals surface area contributed by atoms with Gasteiger partial charge in [0.2, 0.25) is 0 Å². The summed E-state index contributed by atoms with van der Waals surface area (Å²) in [6, 6.07) is 17.0. The number of benzene rings is 2. The van der Waals surface area contributed by atoms with E-state index in [4.69, 9.17) is 4.74 Å². The Hall–Kier alpha value is -2.79. The first-order valence-electron chi connectivity index (χ1n) is 7.89. The topological polar surface area (TPSA) is 74.4 Å². The first-order valence-corrected chi connectivity index (χ1v) is 7.89. The Morgan fingerprint density at radius 2 is 1.88 bits per heavy atom. The summed E-state index contributed by atoms with van der Waals surface area (Å²) >= 11 is 0. The first-order chi connectivity index (χ1) is 11.8. The quantitative estimate of drug-likeness (QED) is 0.652. The number of fused-ring (bicyclic) bond motifs is 1. The van der Waals surface area contributed by atoms with Crippen molar-refractivity contribution < 1.29 is 14.6 Å². The molecule has 5 nitrogen and oxygen atoms in total. The van der Waals surface area contributed by atoms with Gasteiger partial charge in [-0.1, -0.05) is 48.5 Å². The van der Waals surface area contributed by atoms with Gasteiger partial charge in [0.1, 0.15) is 6.61 Å². The lowest BCUT2D eigenvalue weighted by atomic mass is 10.1. The van der Waals surface area contributed by atoms with Gasteiger partial charge < -0.3 is 20.1 Å². The summed E-state index contributed by atoms with van der Waals surface area (Å²) in [7, 11) is 0. The van der Waals surface area contributed by atoms with E-state index in [9.17, 15) is 9.90 Å². The fraction of sp³-hybridized carbons (Fsp3) is 0.211. The second kappa shape index (κ2) is 7.66. The molecule has 0 fully saturated rings. The van der Waals surface area contributed by atoms with Gasteiger partial charge in [-0.3, -0.25) is 0 Å². The summed E-state index contributed by atoms with van der Waals surface area (Å²) in [4.78, 5) is 15.1. The molecule has 0 spiro atoms. The highest BCUT2D eigenvalue weighted by Crippen LogP contribution is 2.19. The third-order valence-electron chi connectivity index (χ3n) is 3.90. The molecule has 0 radical (unpaired) electrons. The molecule has 1 atom stereocenters. The number of H-pyrrole nitrogens is 1. The number of rotatable bonds is 6. The molecule has 0 unspecified atom stereocenters. The number of aromatic nitrogens is 1. The van der Waals surface area contributed by atoms with Crippen LogP contribution in [-0.4, -0.2) is 28.8 Å². The fourth-order valence-corrected chi connectivity index (χ4v) is 2.66.